The molecule has 214 valence electrons. The summed E-state index contributed by atoms with van der Waals surface area (Å²) in [4.78, 5) is 29.3. The molecule has 0 unspecified atom stereocenters. The first-order chi connectivity index (χ1) is 18.6. The maximum absolute atomic E-state index is 14.1. The summed E-state index contributed by atoms with van der Waals surface area (Å²) < 4.78 is 27.8. The summed E-state index contributed by atoms with van der Waals surface area (Å²) >= 11 is 9.54. The fourth-order valence-corrected chi connectivity index (χ4v) is 5.68. The molecule has 0 aliphatic carbocycles. The molecule has 0 bridgehead atoms. The van der Waals surface area contributed by atoms with Gasteiger partial charge in [0, 0.05) is 28.0 Å². The number of nitrogens with one attached hydrogen (secondary N) is 1. The fourth-order valence-electron chi connectivity index (χ4n) is 4.29. The zero-order valence-corrected chi connectivity index (χ0v) is 26.5. The molecule has 1 atom stereocenters. The highest BCUT2D eigenvalue weighted by Crippen LogP contribution is 2.26. The van der Waals surface area contributed by atoms with E-state index >= 15 is 0 Å². The lowest BCUT2D eigenvalue weighted by Crippen LogP contribution is -2.56. The zero-order valence-electron chi connectivity index (χ0n) is 23.3. The second-order valence-corrected chi connectivity index (χ2v) is 14.1. The van der Waals surface area contributed by atoms with Crippen molar-refractivity contribution in [1.82, 2.24) is 10.2 Å². The Morgan fingerprint density at radius 3 is 2.15 bits per heavy atom. The van der Waals surface area contributed by atoms with Crippen molar-refractivity contribution in [1.29, 1.82) is 0 Å². The SMILES string of the molecule is Cc1cc(Cl)ccc1N(CC(=O)N(Cc1ccc(Br)cc1)[C@@H](Cc1ccccc1)C(=O)NC(C)(C)C)S(C)(=O)=O. The van der Waals surface area contributed by atoms with Gasteiger partial charge in [-0.1, -0.05) is 70.0 Å². The first kappa shape index (κ1) is 31.6. The Morgan fingerprint density at radius 2 is 1.60 bits per heavy atom. The number of carbonyl (C=O) groups excluding carboxylic acids is 2. The molecule has 3 rings (SSSR count). The van der Waals surface area contributed by atoms with Crippen molar-refractivity contribution in [3.05, 3.63) is 99.0 Å². The van der Waals surface area contributed by atoms with E-state index in [1.165, 1.54) is 4.90 Å². The van der Waals surface area contributed by atoms with Gasteiger partial charge in [-0.05, 0) is 74.7 Å². The molecular weight excluding hydrogens is 614 g/mol. The van der Waals surface area contributed by atoms with Crippen LogP contribution in [-0.2, 0) is 32.6 Å². The number of hydrogen-bond acceptors (Lipinski definition) is 4. The molecular formula is C30H35BrClN3O4S. The van der Waals surface area contributed by atoms with Crippen LogP contribution in [0.2, 0.25) is 5.02 Å². The van der Waals surface area contributed by atoms with Gasteiger partial charge in [-0.25, -0.2) is 8.42 Å². The number of carbonyl (C=O) groups is 2. The third-order valence-corrected chi connectivity index (χ3v) is 8.03. The molecule has 7 nitrogen and oxygen atoms in total. The highest BCUT2D eigenvalue weighted by molar-refractivity contribution is 9.10. The average Bonchev–Trinajstić information content (AvgIpc) is 2.85. The number of sulfonamides is 1. The minimum absolute atomic E-state index is 0.110. The lowest BCUT2D eigenvalue weighted by atomic mass is 10.0. The maximum Gasteiger partial charge on any atom is 0.244 e. The predicted octanol–water partition coefficient (Wildman–Crippen LogP) is 5.73. The monoisotopic (exact) mass is 647 g/mol. The van der Waals surface area contributed by atoms with Crippen molar-refractivity contribution in [3.8, 4) is 0 Å². The van der Waals surface area contributed by atoms with Gasteiger partial charge in [-0.15, -0.1) is 0 Å². The van der Waals surface area contributed by atoms with Crippen LogP contribution in [-0.4, -0.2) is 49.5 Å². The standard InChI is InChI=1S/C30H35BrClN3O4S/c1-21-17-25(32)15-16-26(21)35(40(5,38)39)20-28(36)34(19-23-11-13-24(31)14-12-23)27(29(37)33-30(2,3)4)18-22-9-7-6-8-10-22/h6-17,27H,18-20H2,1-5H3,(H,33,37)/t27-/m0/s1. The summed E-state index contributed by atoms with van der Waals surface area (Å²) in [6.45, 7) is 6.99. The van der Waals surface area contributed by atoms with E-state index in [0.29, 0.717) is 16.3 Å². The lowest BCUT2D eigenvalue weighted by molar-refractivity contribution is -0.140. The molecule has 2 amide bonds. The van der Waals surface area contributed by atoms with Crippen LogP contribution in [0.25, 0.3) is 0 Å². The number of nitrogens with zero attached hydrogens (tertiary/aromatic N) is 2. The van der Waals surface area contributed by atoms with E-state index in [1.54, 1.807) is 25.1 Å². The number of anilines is 1. The third kappa shape index (κ3) is 9.08. The zero-order chi connectivity index (χ0) is 29.7. The van der Waals surface area contributed by atoms with Crippen molar-refractivity contribution in [2.24, 2.45) is 0 Å². The Labute approximate surface area is 250 Å². The van der Waals surface area contributed by atoms with E-state index in [2.05, 4.69) is 21.2 Å². The summed E-state index contributed by atoms with van der Waals surface area (Å²) in [6.07, 6.45) is 1.31. The van der Waals surface area contributed by atoms with Gasteiger partial charge in [0.2, 0.25) is 21.8 Å². The molecule has 1 N–H and O–H groups in total. The normalized spacial score (nSPS) is 12.5. The summed E-state index contributed by atoms with van der Waals surface area (Å²) in [5, 5.41) is 3.47. The van der Waals surface area contributed by atoms with Gasteiger partial charge in [-0.2, -0.15) is 0 Å². The number of aryl methyl sites for hydroxylation is 1. The Morgan fingerprint density at radius 1 is 0.975 bits per heavy atom. The van der Waals surface area contributed by atoms with Crippen LogP contribution in [0.4, 0.5) is 5.69 Å². The first-order valence-electron chi connectivity index (χ1n) is 12.8. The molecule has 0 saturated carbocycles. The van der Waals surface area contributed by atoms with Crippen LogP contribution in [0, 0.1) is 6.92 Å². The van der Waals surface area contributed by atoms with E-state index in [9.17, 15) is 18.0 Å². The van der Waals surface area contributed by atoms with Crippen molar-refractivity contribution >= 4 is 55.1 Å². The quantitative estimate of drug-likeness (QED) is 0.304. The number of halogens is 2. The van der Waals surface area contributed by atoms with Crippen LogP contribution in [0.3, 0.4) is 0 Å². The summed E-state index contributed by atoms with van der Waals surface area (Å²) in [7, 11) is -3.86. The van der Waals surface area contributed by atoms with E-state index in [1.807, 2.05) is 75.4 Å². The molecule has 0 saturated heterocycles. The van der Waals surface area contributed by atoms with Gasteiger partial charge >= 0.3 is 0 Å². The van der Waals surface area contributed by atoms with Gasteiger partial charge in [0.25, 0.3) is 0 Å². The molecule has 40 heavy (non-hydrogen) atoms. The van der Waals surface area contributed by atoms with Crippen molar-refractivity contribution in [3.63, 3.8) is 0 Å². The highest BCUT2D eigenvalue weighted by Gasteiger charge is 2.34. The predicted molar refractivity (Wildman–Crippen MR) is 165 cm³/mol. The number of rotatable bonds is 10. The lowest BCUT2D eigenvalue weighted by Gasteiger charge is -2.35. The Hall–Kier alpha value is -2.88. The van der Waals surface area contributed by atoms with Crippen molar-refractivity contribution < 1.29 is 18.0 Å². The maximum atomic E-state index is 14.1. The van der Waals surface area contributed by atoms with Gasteiger partial charge in [-0.3, -0.25) is 13.9 Å². The Balaban J connectivity index is 2.09. The molecule has 0 aliphatic heterocycles. The Bertz CT molecular complexity index is 1440. The van der Waals surface area contributed by atoms with E-state index in [-0.39, 0.29) is 18.9 Å². The number of benzene rings is 3. The minimum Gasteiger partial charge on any atom is -0.350 e. The van der Waals surface area contributed by atoms with Crippen LogP contribution < -0.4 is 9.62 Å². The van der Waals surface area contributed by atoms with E-state index in [0.717, 1.165) is 26.2 Å². The first-order valence-corrected chi connectivity index (χ1v) is 15.8. The van der Waals surface area contributed by atoms with Crippen LogP contribution >= 0.6 is 27.5 Å². The highest BCUT2D eigenvalue weighted by atomic mass is 79.9. The van der Waals surface area contributed by atoms with Crippen molar-refractivity contribution in [2.45, 2.75) is 52.2 Å². The number of hydrogen-bond donors (Lipinski definition) is 1. The van der Waals surface area contributed by atoms with E-state index in [4.69, 9.17) is 11.6 Å². The molecule has 0 radical (unpaired) electrons. The largest absolute Gasteiger partial charge is 0.350 e. The fraction of sp³-hybridized carbons (Fsp3) is 0.333. The molecule has 0 aliphatic rings. The van der Waals surface area contributed by atoms with Gasteiger partial charge < -0.3 is 10.2 Å². The third-order valence-electron chi connectivity index (χ3n) is 6.14. The topological polar surface area (TPSA) is 86.8 Å². The molecule has 3 aromatic rings. The molecule has 3 aromatic carbocycles. The number of amides is 2. The van der Waals surface area contributed by atoms with Crippen LogP contribution in [0.5, 0.6) is 0 Å². The second kappa shape index (κ2) is 13.2. The molecule has 0 fully saturated rings. The average molecular weight is 649 g/mol. The molecule has 10 heteroatoms. The van der Waals surface area contributed by atoms with Crippen LogP contribution in [0.1, 0.15) is 37.5 Å². The summed E-state index contributed by atoms with van der Waals surface area (Å²) in [6, 6.07) is 20.8. The van der Waals surface area contributed by atoms with Gasteiger partial charge in [0.1, 0.15) is 12.6 Å². The van der Waals surface area contributed by atoms with Gasteiger partial charge in [0.05, 0.1) is 11.9 Å². The van der Waals surface area contributed by atoms with Crippen LogP contribution in [0.15, 0.2) is 77.3 Å². The van der Waals surface area contributed by atoms with E-state index < -0.39 is 34.1 Å². The van der Waals surface area contributed by atoms with Crippen molar-refractivity contribution in [2.75, 3.05) is 17.1 Å². The van der Waals surface area contributed by atoms with Gasteiger partial charge in [0.15, 0.2) is 0 Å². The summed E-state index contributed by atoms with van der Waals surface area (Å²) in [5.74, 6) is -0.830. The molecule has 0 heterocycles. The molecule has 0 aromatic heterocycles. The smallest absolute Gasteiger partial charge is 0.244 e. The Kier molecular flexibility index (Phi) is 10.4. The second-order valence-electron chi connectivity index (χ2n) is 10.8. The minimum atomic E-state index is -3.86. The summed E-state index contributed by atoms with van der Waals surface area (Å²) in [5.41, 5.74) is 2.09. The molecule has 0 spiro atoms.